The predicted octanol–water partition coefficient (Wildman–Crippen LogP) is 3.22. The number of carbonyl (C=O) groups is 2. The van der Waals surface area contributed by atoms with Gasteiger partial charge in [0.2, 0.25) is 5.91 Å². The number of hydrogen-bond donors (Lipinski definition) is 1. The summed E-state index contributed by atoms with van der Waals surface area (Å²) in [6.45, 7) is 9.58. The van der Waals surface area contributed by atoms with Crippen LogP contribution in [0.1, 0.15) is 37.9 Å². The van der Waals surface area contributed by atoms with Crippen LogP contribution in [0.15, 0.2) is 43.1 Å². The first kappa shape index (κ1) is 18.4. The molecular weight excluding hydrogens is 316 g/mol. The lowest BCUT2D eigenvalue weighted by atomic mass is 10.1. The maximum atomic E-state index is 12.4. The standard InChI is InChI=1S/C19H24N4O2/c1-6-18(25)23(12-15-11-22(5)21-19(15)13(2)3)17-9-7-8-16(10-17)20-14(4)24/h6-11,13H,1,12H2,2-5H3,(H,20,24). The van der Waals surface area contributed by atoms with Crippen molar-refractivity contribution in [3.8, 4) is 0 Å². The molecule has 1 aromatic heterocycles. The van der Waals surface area contributed by atoms with Crippen LogP contribution in [0.5, 0.6) is 0 Å². The number of aromatic nitrogens is 2. The van der Waals surface area contributed by atoms with Gasteiger partial charge in [0.1, 0.15) is 0 Å². The molecule has 25 heavy (non-hydrogen) atoms. The van der Waals surface area contributed by atoms with Crippen LogP contribution in [-0.4, -0.2) is 21.6 Å². The summed E-state index contributed by atoms with van der Waals surface area (Å²) in [6, 6.07) is 7.19. The molecule has 0 atom stereocenters. The number of rotatable bonds is 6. The molecule has 0 fully saturated rings. The zero-order valence-corrected chi connectivity index (χ0v) is 15.1. The molecule has 1 aromatic carbocycles. The number of hydrogen-bond acceptors (Lipinski definition) is 3. The topological polar surface area (TPSA) is 67.2 Å². The molecule has 2 rings (SSSR count). The molecule has 0 saturated carbocycles. The van der Waals surface area contributed by atoms with Crippen molar-refractivity contribution >= 4 is 23.2 Å². The van der Waals surface area contributed by atoms with Crippen LogP contribution >= 0.6 is 0 Å². The summed E-state index contributed by atoms with van der Waals surface area (Å²) in [4.78, 5) is 25.3. The molecule has 0 aliphatic carbocycles. The number of aryl methyl sites for hydroxylation is 1. The molecule has 0 bridgehead atoms. The first-order valence-electron chi connectivity index (χ1n) is 8.15. The Hall–Kier alpha value is -2.89. The van der Waals surface area contributed by atoms with Crippen molar-refractivity contribution in [3.05, 3.63) is 54.4 Å². The summed E-state index contributed by atoms with van der Waals surface area (Å²) >= 11 is 0. The van der Waals surface area contributed by atoms with Gasteiger partial charge in [0.25, 0.3) is 5.91 Å². The van der Waals surface area contributed by atoms with E-state index in [-0.39, 0.29) is 17.7 Å². The molecule has 1 heterocycles. The van der Waals surface area contributed by atoms with E-state index in [0.717, 1.165) is 11.3 Å². The maximum Gasteiger partial charge on any atom is 0.250 e. The van der Waals surface area contributed by atoms with Crippen molar-refractivity contribution in [1.82, 2.24) is 9.78 Å². The highest BCUT2D eigenvalue weighted by Gasteiger charge is 2.19. The Balaban J connectivity index is 2.39. The summed E-state index contributed by atoms with van der Waals surface area (Å²) in [7, 11) is 1.87. The lowest BCUT2D eigenvalue weighted by Gasteiger charge is -2.22. The number of amides is 2. The monoisotopic (exact) mass is 340 g/mol. The Bertz CT molecular complexity index is 792. The molecule has 132 valence electrons. The average molecular weight is 340 g/mol. The van der Waals surface area contributed by atoms with E-state index in [4.69, 9.17) is 0 Å². The Morgan fingerprint density at radius 2 is 2.12 bits per heavy atom. The van der Waals surface area contributed by atoms with Gasteiger partial charge in [0.05, 0.1) is 12.2 Å². The lowest BCUT2D eigenvalue weighted by Crippen LogP contribution is -2.29. The predicted molar refractivity (Wildman–Crippen MR) is 99.4 cm³/mol. The molecule has 0 radical (unpaired) electrons. The highest BCUT2D eigenvalue weighted by molar-refractivity contribution is 6.01. The Kier molecular flexibility index (Phi) is 5.75. The van der Waals surface area contributed by atoms with E-state index in [0.29, 0.717) is 17.9 Å². The molecule has 1 N–H and O–H groups in total. The Labute approximate surface area is 148 Å². The fourth-order valence-electron chi connectivity index (χ4n) is 2.69. The van der Waals surface area contributed by atoms with Gasteiger partial charge in [-0.3, -0.25) is 14.3 Å². The number of carbonyl (C=O) groups excluding carboxylic acids is 2. The van der Waals surface area contributed by atoms with Gasteiger partial charge in [-0.1, -0.05) is 26.5 Å². The minimum Gasteiger partial charge on any atom is -0.326 e. The van der Waals surface area contributed by atoms with Gasteiger partial charge in [0.15, 0.2) is 0 Å². The third-order valence-electron chi connectivity index (χ3n) is 3.73. The van der Waals surface area contributed by atoms with Crippen LogP contribution in [0, 0.1) is 0 Å². The molecule has 0 aliphatic heterocycles. The minimum absolute atomic E-state index is 0.159. The van der Waals surface area contributed by atoms with Crippen LogP contribution < -0.4 is 10.2 Å². The van der Waals surface area contributed by atoms with Gasteiger partial charge in [-0.15, -0.1) is 0 Å². The minimum atomic E-state index is -0.210. The second kappa shape index (κ2) is 7.79. The quantitative estimate of drug-likeness (QED) is 0.821. The van der Waals surface area contributed by atoms with Gasteiger partial charge in [-0.25, -0.2) is 0 Å². The first-order chi connectivity index (χ1) is 11.8. The van der Waals surface area contributed by atoms with Gasteiger partial charge in [0, 0.05) is 37.1 Å². The third kappa shape index (κ3) is 4.56. The Morgan fingerprint density at radius 1 is 1.40 bits per heavy atom. The summed E-state index contributed by atoms with van der Waals surface area (Å²) in [6.07, 6.45) is 3.22. The van der Waals surface area contributed by atoms with E-state index in [1.807, 2.05) is 19.3 Å². The Morgan fingerprint density at radius 3 is 2.72 bits per heavy atom. The molecule has 0 spiro atoms. The highest BCUT2D eigenvalue weighted by atomic mass is 16.2. The normalized spacial score (nSPS) is 10.6. The van der Waals surface area contributed by atoms with E-state index in [1.54, 1.807) is 27.8 Å². The van der Waals surface area contributed by atoms with Crippen LogP contribution in [0.3, 0.4) is 0 Å². The lowest BCUT2D eigenvalue weighted by molar-refractivity contribution is -0.115. The molecule has 0 unspecified atom stereocenters. The van der Waals surface area contributed by atoms with Gasteiger partial charge in [-0.2, -0.15) is 5.10 Å². The summed E-state index contributed by atoms with van der Waals surface area (Å²) in [5.74, 6) is -0.116. The van der Waals surface area contributed by atoms with Crippen molar-refractivity contribution in [1.29, 1.82) is 0 Å². The number of benzene rings is 1. The second-order valence-corrected chi connectivity index (χ2v) is 6.23. The summed E-state index contributed by atoms with van der Waals surface area (Å²) < 4.78 is 1.76. The van der Waals surface area contributed by atoms with Crippen molar-refractivity contribution in [2.24, 2.45) is 7.05 Å². The van der Waals surface area contributed by atoms with Crippen LogP contribution in [0.4, 0.5) is 11.4 Å². The van der Waals surface area contributed by atoms with Crippen molar-refractivity contribution in [3.63, 3.8) is 0 Å². The number of nitrogens with one attached hydrogen (secondary N) is 1. The zero-order chi connectivity index (χ0) is 18.6. The van der Waals surface area contributed by atoms with Gasteiger partial charge in [-0.05, 0) is 30.2 Å². The zero-order valence-electron chi connectivity index (χ0n) is 15.1. The summed E-state index contributed by atoms with van der Waals surface area (Å²) in [5.41, 5.74) is 3.27. The van der Waals surface area contributed by atoms with E-state index in [2.05, 4.69) is 30.8 Å². The highest BCUT2D eigenvalue weighted by Crippen LogP contribution is 2.25. The first-order valence-corrected chi connectivity index (χ1v) is 8.15. The van der Waals surface area contributed by atoms with Crippen LogP contribution in [0.25, 0.3) is 0 Å². The molecule has 2 amide bonds. The van der Waals surface area contributed by atoms with Crippen molar-refractivity contribution in [2.45, 2.75) is 33.2 Å². The largest absolute Gasteiger partial charge is 0.326 e. The smallest absolute Gasteiger partial charge is 0.250 e. The molecular formula is C19H24N4O2. The van der Waals surface area contributed by atoms with Crippen molar-refractivity contribution in [2.75, 3.05) is 10.2 Å². The third-order valence-corrected chi connectivity index (χ3v) is 3.73. The van der Waals surface area contributed by atoms with Gasteiger partial charge < -0.3 is 10.2 Å². The fourth-order valence-corrected chi connectivity index (χ4v) is 2.69. The fraction of sp³-hybridized carbons (Fsp3) is 0.316. The maximum absolute atomic E-state index is 12.4. The second-order valence-electron chi connectivity index (χ2n) is 6.23. The summed E-state index contributed by atoms with van der Waals surface area (Å²) in [5, 5.41) is 7.23. The molecule has 6 nitrogen and oxygen atoms in total. The number of anilines is 2. The molecule has 0 aliphatic rings. The molecule has 6 heteroatoms. The van der Waals surface area contributed by atoms with E-state index in [9.17, 15) is 9.59 Å². The van der Waals surface area contributed by atoms with Crippen LogP contribution in [-0.2, 0) is 23.2 Å². The average Bonchev–Trinajstić information content (AvgIpc) is 2.92. The van der Waals surface area contributed by atoms with Crippen molar-refractivity contribution < 1.29 is 9.59 Å². The van der Waals surface area contributed by atoms with E-state index in [1.165, 1.54) is 13.0 Å². The van der Waals surface area contributed by atoms with Crippen LogP contribution in [0.2, 0.25) is 0 Å². The van der Waals surface area contributed by atoms with E-state index < -0.39 is 0 Å². The SMILES string of the molecule is C=CC(=O)N(Cc1cn(C)nc1C(C)C)c1cccc(NC(C)=O)c1. The molecule has 0 saturated heterocycles. The molecule has 2 aromatic rings. The van der Waals surface area contributed by atoms with Gasteiger partial charge >= 0.3 is 0 Å². The number of nitrogens with zero attached hydrogens (tertiary/aromatic N) is 3. The van der Waals surface area contributed by atoms with E-state index >= 15 is 0 Å².